The quantitative estimate of drug-likeness (QED) is 0.0166. The van der Waals surface area contributed by atoms with Crippen LogP contribution in [0.25, 0.3) is 0 Å². The van der Waals surface area contributed by atoms with E-state index in [2.05, 4.69) is 94.1 Å². The molecule has 47 nitrogen and oxygen atoms in total. The molecule has 129 heavy (non-hydrogen) atoms. The van der Waals surface area contributed by atoms with E-state index in [1.807, 2.05) is 0 Å². The summed E-state index contributed by atoms with van der Waals surface area (Å²) in [6.45, 7) is 7.67. The van der Waals surface area contributed by atoms with E-state index in [-0.39, 0.29) is 133 Å². The first-order chi connectivity index (χ1) is 60.8. The second kappa shape index (κ2) is 52.3. The lowest BCUT2D eigenvalue weighted by Crippen LogP contribution is -2.65. The van der Waals surface area contributed by atoms with Crippen molar-refractivity contribution in [3.05, 3.63) is 48.3 Å². The Morgan fingerprint density at radius 1 is 0.527 bits per heavy atom. The van der Waals surface area contributed by atoms with Gasteiger partial charge in [0.1, 0.15) is 88.8 Å². The summed E-state index contributed by atoms with van der Waals surface area (Å²) < 4.78 is 0. The molecule has 0 bridgehead atoms. The second-order valence-electron chi connectivity index (χ2n) is 34.4. The molecule has 0 radical (unpaired) electrons. The van der Waals surface area contributed by atoms with Crippen molar-refractivity contribution in [2.45, 2.75) is 304 Å². The Morgan fingerprint density at radius 3 is 1.47 bits per heavy atom. The molecule has 0 unspecified atom stereocenters. The van der Waals surface area contributed by atoms with Crippen LogP contribution in [0.2, 0.25) is 0 Å². The number of primary amides is 3. The second-order valence-corrected chi connectivity index (χ2v) is 34.4. The van der Waals surface area contributed by atoms with E-state index in [1.165, 1.54) is 59.5 Å². The van der Waals surface area contributed by atoms with Crippen molar-refractivity contribution in [1.29, 1.82) is 0 Å². The topological polar surface area (TPSA) is 785 Å². The largest absolute Gasteiger partial charge is 0.394 e. The fourth-order valence-corrected chi connectivity index (χ4v) is 15.1. The number of hydrogen-bond acceptors (Lipinski definition) is 25. The van der Waals surface area contributed by atoms with Crippen LogP contribution in [-0.2, 0) is 83.1 Å². The number of nitrogens with one attached hydrogen (secondary N) is 14. The summed E-state index contributed by atoms with van der Waals surface area (Å²) in [6, 6.07) is -14.0. The van der Waals surface area contributed by atoms with Crippen LogP contribution in [0.4, 0.5) is 0 Å². The first kappa shape index (κ1) is 107. The van der Waals surface area contributed by atoms with Crippen LogP contribution in [0.3, 0.4) is 0 Å². The van der Waals surface area contributed by atoms with Gasteiger partial charge in [-0.15, -0.1) is 0 Å². The highest BCUT2D eigenvalue weighted by Crippen LogP contribution is 2.30. The Balaban J connectivity index is 1.34. The van der Waals surface area contributed by atoms with Crippen molar-refractivity contribution < 1.29 is 96.8 Å². The molecule has 5 rings (SSSR count). The molecule has 33 N–H and O–H groups in total. The number of aliphatic hydroxyl groups is 3. The summed E-state index contributed by atoms with van der Waals surface area (Å²) in [4.78, 5) is 258. The van der Waals surface area contributed by atoms with Crippen LogP contribution in [0.5, 0.6) is 0 Å². The van der Waals surface area contributed by atoms with Crippen LogP contribution < -0.4 is 115 Å². The zero-order valence-corrected chi connectivity index (χ0v) is 74.5. The molecule has 0 spiro atoms. The number of aromatic amines is 1. The molecular weight excluding hydrogens is 1680 g/mol. The minimum Gasteiger partial charge on any atom is -0.394 e. The predicted octanol–water partition coefficient (Wildman–Crippen LogP) is -7.28. The zero-order chi connectivity index (χ0) is 96.0. The number of carbonyl (C=O) groups is 17. The first-order valence-corrected chi connectivity index (χ1v) is 43.7. The van der Waals surface area contributed by atoms with E-state index < -0.39 is 222 Å². The third-order valence-corrected chi connectivity index (χ3v) is 22.8. The number of aliphatic imine (C=N–C) groups is 2. The normalized spacial score (nSPS) is 17.8. The van der Waals surface area contributed by atoms with Gasteiger partial charge in [0.15, 0.2) is 11.9 Å². The monoisotopic (exact) mass is 1820 g/mol. The van der Waals surface area contributed by atoms with Crippen molar-refractivity contribution in [1.82, 2.24) is 89.0 Å². The van der Waals surface area contributed by atoms with Gasteiger partial charge in [0.05, 0.1) is 37.8 Å². The minimum absolute atomic E-state index is 0.00267. The molecule has 718 valence electrons. The number of amides is 17. The lowest BCUT2D eigenvalue weighted by atomic mass is 9.84. The Bertz CT molecular complexity index is 4210. The van der Waals surface area contributed by atoms with Crippen LogP contribution in [0.15, 0.2) is 47.0 Å². The number of guanidine groups is 2. The Kier molecular flexibility index (Phi) is 43.5. The standard InChI is InChI=1S/C82H135N27O20/c1-8-82(7,108-72(124)59-38-48(112)41-109(59)74(126)58(42-110)102-69(121)57-40-92-43-95-57)77(129)104-54(37-47-28-33-91-34-29-47)67(119)101-55(36-46-21-13-10-14-22-46)71(123)107-80(3,4)75(127)103-56(39-61(85)114)68(120)97-51(23-15-16-30-83)70(122)106-81(5,6)76(128)105-62(44(2)111)73(125)99-50(25-18-32-94-79(89)90)64(116)98-52(26-27-60(84)113)66(118)96-49(24-17-31-93-78(87)88)65(117)100-53(63(86)115)35-45-19-11-9-12-20-45/h28-29,33-34,40,43-46,48-56,58-59,62,110-112H,8-27,30-32,35-39,41-42,83H2,1-7H3,(H2,84,113)(H2,85,114)(H2,86,115)(H,92,95)(H,96,118)(H,97,120)(H,98,116)(H,99,125)(H,100,117)(H,101,119)(H,102,121)(H,103,127)(H,104,129)(H,105,128)(H,106,122)(H,107,123)(H,108,124)(H4,87,88,93)(H4,89,90,94)/t44-,48+,49+,50+,51+,52+,53+,54+,55+,56+,58+,59-,62+,82+/m1/s1. The number of H-pyrrole nitrogens is 1. The van der Waals surface area contributed by atoms with E-state index in [4.69, 9.17) is 45.9 Å². The predicted molar refractivity (Wildman–Crippen MR) is 468 cm³/mol. The van der Waals surface area contributed by atoms with Crippen molar-refractivity contribution in [2.24, 2.45) is 67.7 Å². The van der Waals surface area contributed by atoms with E-state index in [1.54, 1.807) is 19.1 Å². The number of rotatable bonds is 54. The molecule has 1 saturated heterocycles. The number of unbranched alkanes of at least 4 members (excludes halogenated alkanes) is 1. The molecule has 17 amide bonds. The number of imidazole rings is 1. The highest BCUT2D eigenvalue weighted by molar-refractivity contribution is 6.03. The van der Waals surface area contributed by atoms with Crippen LogP contribution in [0.1, 0.15) is 219 Å². The van der Waals surface area contributed by atoms with E-state index in [9.17, 15) is 96.8 Å². The fraction of sp³-hybridized carbons (Fsp3) is 0.671. The van der Waals surface area contributed by atoms with Gasteiger partial charge in [-0.3, -0.25) is 96.5 Å². The van der Waals surface area contributed by atoms with E-state index in [0.29, 0.717) is 18.4 Å². The Hall–Kier alpha value is -12.3. The lowest BCUT2D eigenvalue weighted by molar-refractivity contribution is -0.143. The summed E-state index contributed by atoms with van der Waals surface area (Å²) >= 11 is 0. The SMILES string of the molecule is CC[C@](C)(NC(=O)[C@H]1C[C@H](O)CN1C(=O)[C@H](CO)NC(=O)c1cnc[nH]1)C(=O)N[C@@H](Cc1ccncc1)C(=O)N[C@@H](CC1CCCCC1)C(=O)NC(C)(C)C(=O)N[C@@H](CC(N)=O)C(=O)N[C@@H](CCCCN)C(=O)NC(C)(C)C(=O)N[C@H](C(=O)N[C@@H](CCCN=C(N)N)C(=O)N[C@@H](CCC(N)=O)C(=O)N[C@@H](CCCN=C(N)N)C(=O)N[C@@H](CC1CCCCC1)C(N)=O)[C@@H](C)O. The van der Waals surface area contributed by atoms with Gasteiger partial charge in [-0.05, 0) is 148 Å². The van der Waals surface area contributed by atoms with Crippen molar-refractivity contribution in [3.63, 3.8) is 0 Å². The van der Waals surface area contributed by atoms with Crippen molar-refractivity contribution in [2.75, 3.05) is 32.8 Å². The molecule has 2 saturated carbocycles. The van der Waals surface area contributed by atoms with Gasteiger partial charge in [-0.1, -0.05) is 71.1 Å². The molecule has 3 heterocycles. The molecule has 2 aromatic heterocycles. The van der Waals surface area contributed by atoms with Crippen molar-refractivity contribution in [3.8, 4) is 0 Å². The summed E-state index contributed by atoms with van der Waals surface area (Å²) in [7, 11) is 0. The average molecular weight is 1820 g/mol. The number of aromatic nitrogens is 3. The van der Waals surface area contributed by atoms with Gasteiger partial charge in [0.25, 0.3) is 5.91 Å². The number of carbonyl (C=O) groups excluding carboxylic acids is 17. The maximum Gasteiger partial charge on any atom is 0.270 e. The maximum absolute atomic E-state index is 15.0. The van der Waals surface area contributed by atoms with Crippen LogP contribution >= 0.6 is 0 Å². The third kappa shape index (κ3) is 35.7. The first-order valence-electron chi connectivity index (χ1n) is 43.7. The van der Waals surface area contributed by atoms with Gasteiger partial charge in [-0.25, -0.2) is 4.98 Å². The molecule has 14 atom stereocenters. The molecule has 0 aromatic carbocycles. The number of hydrogen-bond donors (Lipinski definition) is 25. The van der Waals surface area contributed by atoms with Gasteiger partial charge >= 0.3 is 0 Å². The molecule has 3 fully saturated rings. The van der Waals surface area contributed by atoms with Gasteiger partial charge in [0, 0.05) is 51.3 Å². The minimum atomic E-state index is -2.06. The summed E-state index contributed by atoms with van der Waals surface area (Å²) in [5.74, 6) is -17.3. The van der Waals surface area contributed by atoms with Crippen LogP contribution in [0, 0.1) is 11.8 Å². The molecule has 1 aliphatic heterocycles. The zero-order valence-electron chi connectivity index (χ0n) is 74.5. The van der Waals surface area contributed by atoms with Gasteiger partial charge < -0.3 is 140 Å². The fourth-order valence-electron chi connectivity index (χ4n) is 15.1. The number of nitrogens with two attached hydrogens (primary N) is 8. The molecule has 47 heteroatoms. The molecule has 2 aliphatic carbocycles. The number of nitrogens with zero attached hydrogens (tertiary/aromatic N) is 5. The number of β-amino-alcohol motifs (C(OH)–C–C–N with tert-alkyl or cyclic N) is 1. The Labute approximate surface area is 748 Å². The van der Waals surface area contributed by atoms with E-state index in [0.717, 1.165) is 63.2 Å². The summed E-state index contributed by atoms with van der Waals surface area (Å²) in [5, 5.41) is 65.4. The van der Waals surface area contributed by atoms with Gasteiger partial charge in [-0.2, -0.15) is 0 Å². The average Bonchev–Trinajstić information content (AvgIpc) is 1.71. The molecular formula is C82H135N27O20. The lowest BCUT2D eigenvalue weighted by Gasteiger charge is -2.34. The number of pyridine rings is 1. The van der Waals surface area contributed by atoms with E-state index >= 15 is 0 Å². The van der Waals surface area contributed by atoms with Crippen molar-refractivity contribution >= 4 is 112 Å². The highest BCUT2D eigenvalue weighted by atomic mass is 16.3. The third-order valence-electron chi connectivity index (χ3n) is 22.8. The van der Waals surface area contributed by atoms with Gasteiger partial charge in [0.2, 0.25) is 94.5 Å². The maximum atomic E-state index is 15.0. The number of aliphatic hydroxyl groups excluding tert-OH is 3. The molecule has 2 aromatic rings. The summed E-state index contributed by atoms with van der Waals surface area (Å²) in [5.41, 5.74) is 39.5. The smallest absolute Gasteiger partial charge is 0.270 e. The number of likely N-dealkylation sites (tertiary alicyclic amines) is 1. The molecule has 3 aliphatic rings. The van der Waals surface area contributed by atoms with Crippen LogP contribution in [-0.4, -0.2) is 276 Å². The highest BCUT2D eigenvalue weighted by Gasteiger charge is 2.47. The summed E-state index contributed by atoms with van der Waals surface area (Å²) in [6.07, 6.45) is 8.23. The Morgan fingerprint density at radius 2 is 0.992 bits per heavy atom.